The molecule has 13 heteroatoms. The molecule has 2 aliphatic rings. The van der Waals surface area contributed by atoms with Crippen LogP contribution < -0.4 is 15.0 Å². The number of sulfonamides is 1. The largest absolute Gasteiger partial charge is 0.482 e. The Kier molecular flexibility index (Phi) is 4.49. The van der Waals surface area contributed by atoms with Crippen molar-refractivity contribution >= 4 is 50.1 Å². The van der Waals surface area contributed by atoms with Gasteiger partial charge in [-0.1, -0.05) is 11.6 Å². The minimum absolute atomic E-state index is 0.0258. The first kappa shape index (κ1) is 19.0. The predicted octanol–water partition coefficient (Wildman–Crippen LogP) is 0.848. The van der Waals surface area contributed by atoms with Crippen molar-refractivity contribution in [2.45, 2.75) is 4.90 Å². The third-order valence-corrected chi connectivity index (χ3v) is 7.41. The van der Waals surface area contributed by atoms with E-state index in [9.17, 15) is 13.2 Å². The average molecular weight is 450 g/mol. The summed E-state index contributed by atoms with van der Waals surface area (Å²) in [5.74, 6) is 0.669. The molecule has 1 aromatic carbocycles. The fourth-order valence-corrected chi connectivity index (χ4v) is 5.50. The van der Waals surface area contributed by atoms with E-state index in [0.717, 1.165) is 5.39 Å². The summed E-state index contributed by atoms with van der Waals surface area (Å²) in [6, 6.07) is 2.76. The van der Waals surface area contributed by atoms with Gasteiger partial charge in [0.1, 0.15) is 22.8 Å². The molecule has 0 radical (unpaired) electrons. The van der Waals surface area contributed by atoms with E-state index in [2.05, 4.69) is 25.5 Å². The summed E-state index contributed by atoms with van der Waals surface area (Å²) in [6.45, 7) is 1.25. The van der Waals surface area contributed by atoms with E-state index in [4.69, 9.17) is 16.3 Å². The number of nitrogens with zero attached hydrogens (tertiary/aromatic N) is 5. The molecule has 3 aromatic rings. The Hall–Kier alpha value is -2.96. The first-order chi connectivity index (χ1) is 14.4. The number of fused-ring (bicyclic) bond motifs is 2. The van der Waals surface area contributed by atoms with Gasteiger partial charge in [0.25, 0.3) is 5.91 Å². The summed E-state index contributed by atoms with van der Waals surface area (Å²) in [5, 5.41) is 10.2. The summed E-state index contributed by atoms with van der Waals surface area (Å²) < 4.78 is 33.1. The van der Waals surface area contributed by atoms with Crippen LogP contribution in [0.2, 0.25) is 5.02 Å². The third kappa shape index (κ3) is 3.13. The number of amides is 1. The standard InChI is InChI=1S/C17H16ClN7O4S/c18-11-5-12-13(29-8-15(26)22-12)6-14(11)30(27,28)25-3-1-24(2-4-25)17-10-7-21-23-16(10)19-9-20-17/h5-7,9H,1-4,8H2,(H,22,26)(H,19,20,21,23). The Morgan fingerprint density at radius 1 is 1.13 bits per heavy atom. The van der Waals surface area contributed by atoms with E-state index in [-0.39, 0.29) is 41.3 Å². The van der Waals surface area contributed by atoms with E-state index in [0.29, 0.717) is 30.2 Å². The summed E-state index contributed by atoms with van der Waals surface area (Å²) >= 11 is 6.24. The maximum Gasteiger partial charge on any atom is 0.262 e. The second-order valence-corrected chi connectivity index (χ2v) is 9.15. The quantitative estimate of drug-likeness (QED) is 0.601. The molecule has 11 nitrogen and oxygen atoms in total. The normalized spacial score (nSPS) is 17.5. The van der Waals surface area contributed by atoms with Crippen LogP contribution in [0.25, 0.3) is 11.0 Å². The molecule has 1 fully saturated rings. The van der Waals surface area contributed by atoms with Crippen molar-refractivity contribution in [3.05, 3.63) is 29.7 Å². The molecule has 0 aliphatic carbocycles. The molecular formula is C17H16ClN7O4S. The molecule has 156 valence electrons. The number of H-pyrrole nitrogens is 1. The maximum atomic E-state index is 13.2. The third-order valence-electron chi connectivity index (χ3n) is 5.05. The number of carbonyl (C=O) groups is 1. The molecule has 0 atom stereocenters. The van der Waals surface area contributed by atoms with Crippen LogP contribution in [0.1, 0.15) is 0 Å². The van der Waals surface area contributed by atoms with Crippen LogP contribution in [0.15, 0.2) is 29.6 Å². The van der Waals surface area contributed by atoms with Crippen LogP contribution >= 0.6 is 11.6 Å². The fourth-order valence-electron chi connectivity index (χ4n) is 3.56. The monoisotopic (exact) mass is 449 g/mol. The summed E-state index contributed by atoms with van der Waals surface area (Å²) in [5.41, 5.74) is 0.982. The Labute approximate surface area is 176 Å². The lowest BCUT2D eigenvalue weighted by molar-refractivity contribution is -0.118. The predicted molar refractivity (Wildman–Crippen MR) is 108 cm³/mol. The zero-order valence-electron chi connectivity index (χ0n) is 15.5. The molecule has 1 saturated heterocycles. The minimum Gasteiger partial charge on any atom is -0.482 e. The molecule has 4 heterocycles. The van der Waals surface area contributed by atoms with Gasteiger partial charge in [0, 0.05) is 32.2 Å². The summed E-state index contributed by atoms with van der Waals surface area (Å²) in [7, 11) is -3.85. The maximum absolute atomic E-state index is 13.2. The number of aromatic amines is 1. The lowest BCUT2D eigenvalue weighted by Gasteiger charge is -2.35. The van der Waals surface area contributed by atoms with Crippen molar-refractivity contribution in [3.63, 3.8) is 0 Å². The highest BCUT2D eigenvalue weighted by Gasteiger charge is 2.32. The van der Waals surface area contributed by atoms with Gasteiger partial charge in [-0.05, 0) is 6.07 Å². The number of rotatable bonds is 3. The van der Waals surface area contributed by atoms with Gasteiger partial charge in [-0.25, -0.2) is 18.4 Å². The zero-order chi connectivity index (χ0) is 20.9. The lowest BCUT2D eigenvalue weighted by atomic mass is 10.2. The Morgan fingerprint density at radius 3 is 2.73 bits per heavy atom. The van der Waals surface area contributed by atoms with Crippen LogP contribution in [0.4, 0.5) is 11.5 Å². The van der Waals surface area contributed by atoms with Gasteiger partial charge in [-0.2, -0.15) is 9.40 Å². The molecule has 0 bridgehead atoms. The Bertz CT molecular complexity index is 1250. The number of ether oxygens (including phenoxy) is 1. The molecule has 0 saturated carbocycles. The summed E-state index contributed by atoms with van der Waals surface area (Å²) in [4.78, 5) is 21.9. The SMILES string of the molecule is O=C1COc2cc(S(=O)(=O)N3CCN(c4ncnc5[nH]ncc45)CC3)c(Cl)cc2N1. The number of piperazine rings is 1. The van der Waals surface area contributed by atoms with E-state index >= 15 is 0 Å². The van der Waals surface area contributed by atoms with Crippen LogP contribution in [0.5, 0.6) is 5.75 Å². The van der Waals surface area contributed by atoms with Crippen LogP contribution in [-0.4, -0.2) is 71.6 Å². The van der Waals surface area contributed by atoms with Crippen LogP contribution in [-0.2, 0) is 14.8 Å². The van der Waals surface area contributed by atoms with Gasteiger partial charge in [0.15, 0.2) is 12.3 Å². The molecule has 2 aliphatic heterocycles. The van der Waals surface area contributed by atoms with Crippen LogP contribution in [0.3, 0.4) is 0 Å². The topological polar surface area (TPSA) is 133 Å². The number of carbonyl (C=O) groups excluding carboxylic acids is 1. The second kappa shape index (κ2) is 7.07. The molecule has 30 heavy (non-hydrogen) atoms. The van der Waals surface area contributed by atoms with Crippen molar-refractivity contribution in [2.75, 3.05) is 43.0 Å². The van der Waals surface area contributed by atoms with E-state index in [1.54, 1.807) is 6.20 Å². The van der Waals surface area contributed by atoms with Gasteiger partial charge < -0.3 is 15.0 Å². The molecule has 2 aromatic heterocycles. The lowest BCUT2D eigenvalue weighted by Crippen LogP contribution is -2.49. The van der Waals surface area contributed by atoms with E-state index < -0.39 is 10.0 Å². The first-order valence-electron chi connectivity index (χ1n) is 9.09. The summed E-state index contributed by atoms with van der Waals surface area (Å²) in [6.07, 6.45) is 3.10. The highest BCUT2D eigenvalue weighted by molar-refractivity contribution is 7.89. The van der Waals surface area contributed by atoms with E-state index in [1.165, 1.54) is 22.8 Å². The van der Waals surface area contributed by atoms with Crippen molar-refractivity contribution < 1.29 is 17.9 Å². The van der Waals surface area contributed by atoms with Crippen LogP contribution in [0, 0.1) is 0 Å². The highest BCUT2D eigenvalue weighted by Crippen LogP contribution is 2.37. The molecular weight excluding hydrogens is 434 g/mol. The molecule has 1 amide bonds. The van der Waals surface area contributed by atoms with Gasteiger partial charge in [-0.3, -0.25) is 9.89 Å². The van der Waals surface area contributed by atoms with Crippen molar-refractivity contribution in [2.24, 2.45) is 0 Å². The zero-order valence-corrected chi connectivity index (χ0v) is 17.1. The van der Waals surface area contributed by atoms with Gasteiger partial charge >= 0.3 is 0 Å². The number of benzene rings is 1. The second-order valence-electron chi connectivity index (χ2n) is 6.84. The molecule has 5 rings (SSSR count). The average Bonchev–Trinajstić information content (AvgIpc) is 3.22. The molecule has 0 unspecified atom stereocenters. The number of hydrogen-bond acceptors (Lipinski definition) is 8. The highest BCUT2D eigenvalue weighted by atomic mass is 35.5. The number of nitrogens with one attached hydrogen (secondary N) is 2. The van der Waals surface area contributed by atoms with E-state index in [1.807, 2.05) is 4.90 Å². The molecule has 2 N–H and O–H groups in total. The van der Waals surface area contributed by atoms with Crippen molar-refractivity contribution in [1.82, 2.24) is 24.5 Å². The van der Waals surface area contributed by atoms with Gasteiger partial charge in [0.2, 0.25) is 10.0 Å². The number of aromatic nitrogens is 4. The smallest absolute Gasteiger partial charge is 0.262 e. The van der Waals surface area contributed by atoms with Crippen molar-refractivity contribution in [3.8, 4) is 5.75 Å². The Balaban J connectivity index is 1.38. The van der Waals surface area contributed by atoms with Gasteiger partial charge in [0.05, 0.1) is 22.3 Å². The van der Waals surface area contributed by atoms with Gasteiger partial charge in [-0.15, -0.1) is 0 Å². The molecule has 0 spiro atoms. The number of halogens is 1. The number of hydrogen-bond donors (Lipinski definition) is 2. The first-order valence-corrected chi connectivity index (χ1v) is 10.9. The number of anilines is 2. The van der Waals surface area contributed by atoms with Crippen molar-refractivity contribution in [1.29, 1.82) is 0 Å². The fraction of sp³-hybridized carbons (Fsp3) is 0.294. The minimum atomic E-state index is -3.85. The Morgan fingerprint density at radius 2 is 1.93 bits per heavy atom.